The molecule has 1 aliphatic heterocycles. The lowest BCUT2D eigenvalue weighted by Gasteiger charge is -2.05. The number of thiophene rings is 1. The number of allylic oxidation sites excluding steroid dienone is 1. The van der Waals surface area contributed by atoms with Gasteiger partial charge in [0.1, 0.15) is 17.6 Å². The summed E-state index contributed by atoms with van der Waals surface area (Å²) < 4.78 is 11.0. The van der Waals surface area contributed by atoms with Crippen molar-refractivity contribution in [2.24, 2.45) is 0 Å². The summed E-state index contributed by atoms with van der Waals surface area (Å²) in [6.45, 7) is 3.79. The van der Waals surface area contributed by atoms with Crippen molar-refractivity contribution in [1.82, 2.24) is 0 Å². The second-order valence-corrected chi connectivity index (χ2v) is 5.92. The van der Waals surface area contributed by atoms with Crippen LogP contribution in [0.3, 0.4) is 0 Å². The summed E-state index contributed by atoms with van der Waals surface area (Å²) in [4.78, 5) is 13.5. The monoisotopic (exact) mass is 311 g/mol. The highest BCUT2D eigenvalue weighted by Crippen LogP contribution is 2.38. The smallest absolute Gasteiger partial charge is 0.232 e. The van der Waals surface area contributed by atoms with Crippen LogP contribution in [0.25, 0.3) is 6.08 Å². The molecule has 1 aromatic heterocycles. The zero-order valence-electron chi connectivity index (χ0n) is 12.2. The predicted molar refractivity (Wildman–Crippen MR) is 84.3 cm³/mol. The SMILES string of the molecule is Cc1ccsc1/C=C1\Oc2cc(OCC#N)cc(C)c2C1=O. The second kappa shape index (κ2) is 5.66. The summed E-state index contributed by atoms with van der Waals surface area (Å²) in [7, 11) is 0. The van der Waals surface area contributed by atoms with Crippen molar-refractivity contribution in [2.45, 2.75) is 13.8 Å². The first-order valence-corrected chi connectivity index (χ1v) is 7.61. The molecule has 0 bridgehead atoms. The Morgan fingerprint density at radius 1 is 1.36 bits per heavy atom. The van der Waals surface area contributed by atoms with Crippen molar-refractivity contribution >= 4 is 23.2 Å². The van der Waals surface area contributed by atoms with Gasteiger partial charge in [-0.1, -0.05) is 0 Å². The van der Waals surface area contributed by atoms with Crippen LogP contribution in [0.5, 0.6) is 11.5 Å². The molecule has 0 saturated carbocycles. The van der Waals surface area contributed by atoms with Gasteiger partial charge in [0.05, 0.1) is 5.56 Å². The van der Waals surface area contributed by atoms with E-state index in [0.717, 1.165) is 16.0 Å². The number of benzene rings is 1. The van der Waals surface area contributed by atoms with Gasteiger partial charge in [-0.05, 0) is 42.5 Å². The number of Topliss-reactive ketones (excluding diaryl/α,β-unsaturated/α-hetero) is 1. The molecule has 1 aromatic carbocycles. The standard InChI is InChI=1S/C17H13NO3S/c1-10-3-6-22-15(10)9-14-17(19)16-11(2)7-12(20-5-4-18)8-13(16)21-14/h3,6-9H,5H2,1-2H3/b14-9-. The number of carbonyl (C=O) groups excluding carboxylic acids is 1. The molecule has 0 spiro atoms. The van der Waals surface area contributed by atoms with Crippen LogP contribution in [0.4, 0.5) is 0 Å². The Morgan fingerprint density at radius 3 is 2.86 bits per heavy atom. The number of nitrogens with zero attached hydrogens (tertiary/aromatic N) is 1. The first kappa shape index (κ1) is 14.4. The molecule has 22 heavy (non-hydrogen) atoms. The lowest BCUT2D eigenvalue weighted by molar-refractivity contribution is 0.101. The summed E-state index contributed by atoms with van der Waals surface area (Å²) in [6, 6.07) is 7.32. The van der Waals surface area contributed by atoms with E-state index in [-0.39, 0.29) is 12.4 Å². The first-order valence-electron chi connectivity index (χ1n) is 6.73. The topological polar surface area (TPSA) is 59.3 Å². The molecule has 110 valence electrons. The van der Waals surface area contributed by atoms with Crippen molar-refractivity contribution in [3.05, 3.63) is 50.9 Å². The van der Waals surface area contributed by atoms with Crippen molar-refractivity contribution in [1.29, 1.82) is 5.26 Å². The van der Waals surface area contributed by atoms with Crippen LogP contribution in [-0.4, -0.2) is 12.4 Å². The predicted octanol–water partition coefficient (Wildman–Crippen LogP) is 3.88. The van der Waals surface area contributed by atoms with E-state index in [1.807, 2.05) is 31.4 Å². The molecule has 0 N–H and O–H groups in total. The fourth-order valence-corrected chi connectivity index (χ4v) is 3.18. The van der Waals surface area contributed by atoms with Crippen molar-refractivity contribution in [3.8, 4) is 17.6 Å². The van der Waals surface area contributed by atoms with Crippen molar-refractivity contribution in [2.75, 3.05) is 6.61 Å². The van der Waals surface area contributed by atoms with Crippen LogP contribution < -0.4 is 9.47 Å². The maximum atomic E-state index is 12.5. The van der Waals surface area contributed by atoms with Gasteiger partial charge in [0.15, 0.2) is 12.4 Å². The van der Waals surface area contributed by atoms with Crippen LogP contribution in [0.1, 0.15) is 26.4 Å². The number of aryl methyl sites for hydroxylation is 2. The largest absolute Gasteiger partial charge is 0.479 e. The molecule has 0 saturated heterocycles. The highest BCUT2D eigenvalue weighted by atomic mass is 32.1. The number of ketones is 1. The molecule has 3 rings (SSSR count). The Kier molecular flexibility index (Phi) is 3.70. The molecule has 2 heterocycles. The highest BCUT2D eigenvalue weighted by molar-refractivity contribution is 7.11. The number of carbonyl (C=O) groups is 1. The minimum Gasteiger partial charge on any atom is -0.479 e. The third-order valence-corrected chi connectivity index (χ3v) is 4.38. The van der Waals surface area contributed by atoms with Gasteiger partial charge in [0.2, 0.25) is 5.78 Å². The second-order valence-electron chi connectivity index (χ2n) is 4.97. The maximum Gasteiger partial charge on any atom is 0.232 e. The lowest BCUT2D eigenvalue weighted by atomic mass is 10.0. The van der Waals surface area contributed by atoms with Gasteiger partial charge < -0.3 is 9.47 Å². The van der Waals surface area contributed by atoms with E-state index >= 15 is 0 Å². The highest BCUT2D eigenvalue weighted by Gasteiger charge is 2.30. The summed E-state index contributed by atoms with van der Waals surface area (Å²) in [5.41, 5.74) is 2.45. The molecule has 4 nitrogen and oxygen atoms in total. The molecule has 1 aliphatic rings. The molecule has 0 aliphatic carbocycles. The molecule has 0 atom stereocenters. The lowest BCUT2D eigenvalue weighted by Crippen LogP contribution is -2.00. The third kappa shape index (κ3) is 2.49. The Hall–Kier alpha value is -2.58. The summed E-state index contributed by atoms with van der Waals surface area (Å²) in [5.74, 6) is 1.21. The van der Waals surface area contributed by atoms with Gasteiger partial charge in [-0.25, -0.2) is 0 Å². The summed E-state index contributed by atoms with van der Waals surface area (Å²) >= 11 is 1.57. The number of nitriles is 1. The average Bonchev–Trinajstić information content (AvgIpc) is 3.02. The zero-order chi connectivity index (χ0) is 15.7. The Bertz CT molecular complexity index is 827. The minimum atomic E-state index is -0.118. The van der Waals surface area contributed by atoms with Crippen LogP contribution in [0.15, 0.2) is 29.3 Å². The molecular formula is C17H13NO3S. The van der Waals surface area contributed by atoms with Crippen LogP contribution in [0.2, 0.25) is 0 Å². The van der Waals surface area contributed by atoms with Crippen molar-refractivity contribution in [3.63, 3.8) is 0 Å². The third-order valence-electron chi connectivity index (χ3n) is 3.41. The number of hydrogen-bond donors (Lipinski definition) is 0. The Morgan fingerprint density at radius 2 is 2.18 bits per heavy atom. The van der Waals surface area contributed by atoms with E-state index in [2.05, 4.69) is 0 Å². The molecule has 0 fully saturated rings. The van der Waals surface area contributed by atoms with Gasteiger partial charge in [-0.3, -0.25) is 4.79 Å². The molecule has 2 aromatic rings. The molecule has 5 heteroatoms. The number of rotatable bonds is 3. The average molecular weight is 311 g/mol. The van der Waals surface area contributed by atoms with Gasteiger partial charge in [0.25, 0.3) is 0 Å². The molecular weight excluding hydrogens is 298 g/mol. The zero-order valence-corrected chi connectivity index (χ0v) is 13.0. The normalized spacial score (nSPS) is 14.6. The minimum absolute atomic E-state index is 0.0384. The molecule has 0 amide bonds. The Balaban J connectivity index is 1.97. The fraction of sp³-hybridized carbons (Fsp3) is 0.176. The van der Waals surface area contributed by atoms with E-state index in [1.165, 1.54) is 0 Å². The maximum absolute atomic E-state index is 12.5. The summed E-state index contributed by atoms with van der Waals surface area (Å²) in [5, 5.41) is 10.6. The summed E-state index contributed by atoms with van der Waals surface area (Å²) in [6.07, 6.45) is 1.78. The quantitative estimate of drug-likeness (QED) is 0.807. The van der Waals surface area contributed by atoms with Gasteiger partial charge >= 0.3 is 0 Å². The van der Waals surface area contributed by atoms with Crippen LogP contribution in [0, 0.1) is 25.2 Å². The van der Waals surface area contributed by atoms with Gasteiger partial charge in [-0.2, -0.15) is 5.26 Å². The van der Waals surface area contributed by atoms with Crippen LogP contribution >= 0.6 is 11.3 Å². The number of hydrogen-bond acceptors (Lipinski definition) is 5. The number of fused-ring (bicyclic) bond motifs is 1. The Labute approximate surface area is 132 Å². The molecule has 0 radical (unpaired) electrons. The fourth-order valence-electron chi connectivity index (χ4n) is 2.33. The van der Waals surface area contributed by atoms with Crippen molar-refractivity contribution < 1.29 is 14.3 Å². The van der Waals surface area contributed by atoms with E-state index in [0.29, 0.717) is 22.8 Å². The van der Waals surface area contributed by atoms with E-state index in [9.17, 15) is 4.79 Å². The molecule has 0 unspecified atom stereocenters. The van der Waals surface area contributed by atoms with Crippen LogP contribution in [-0.2, 0) is 0 Å². The van der Waals surface area contributed by atoms with Gasteiger partial charge in [0, 0.05) is 17.0 Å². The number of ether oxygens (including phenoxy) is 2. The first-order chi connectivity index (χ1) is 10.6. The van der Waals surface area contributed by atoms with E-state index < -0.39 is 0 Å². The van der Waals surface area contributed by atoms with E-state index in [1.54, 1.807) is 29.5 Å². The van der Waals surface area contributed by atoms with E-state index in [4.69, 9.17) is 14.7 Å². The van der Waals surface area contributed by atoms with Gasteiger partial charge in [-0.15, -0.1) is 11.3 Å².